The van der Waals surface area contributed by atoms with Crippen molar-refractivity contribution in [2.45, 2.75) is 37.5 Å². The first-order valence-electron chi connectivity index (χ1n) is 6.96. The van der Waals surface area contributed by atoms with Crippen LogP contribution >= 0.6 is 39.3 Å². The third kappa shape index (κ3) is 2.88. The van der Waals surface area contributed by atoms with Crippen molar-refractivity contribution in [1.82, 2.24) is 9.55 Å². The van der Waals surface area contributed by atoms with Crippen molar-refractivity contribution in [3.05, 3.63) is 28.5 Å². The van der Waals surface area contributed by atoms with Gasteiger partial charge in [-0.2, -0.15) is 11.8 Å². The average molecular weight is 374 g/mol. The third-order valence-electron chi connectivity index (χ3n) is 3.90. The summed E-state index contributed by atoms with van der Waals surface area (Å²) in [5, 5.41) is 0. The maximum Gasteiger partial charge on any atom is 0.111 e. The standard InChI is InChI=1S/C15H18BrClN2S/c1-15(6-2-8-20-15)10-19-13-4-3-11(16)9-12(13)18-14(19)5-7-17/h3-4,9H,2,5-8,10H2,1H3. The summed E-state index contributed by atoms with van der Waals surface area (Å²) < 4.78 is 3.79. The Bertz CT molecular complexity index is 620. The molecule has 2 nitrogen and oxygen atoms in total. The van der Waals surface area contributed by atoms with Gasteiger partial charge in [0, 0.05) is 28.1 Å². The number of benzene rings is 1. The van der Waals surface area contributed by atoms with Crippen LogP contribution < -0.4 is 0 Å². The SMILES string of the molecule is CC1(Cn2c(CCCl)nc3cc(Br)ccc32)CCCS1. The topological polar surface area (TPSA) is 17.8 Å². The minimum Gasteiger partial charge on any atom is -0.327 e. The van der Waals surface area contributed by atoms with Gasteiger partial charge in [-0.05, 0) is 43.7 Å². The number of hydrogen-bond acceptors (Lipinski definition) is 2. The van der Waals surface area contributed by atoms with Gasteiger partial charge in [0.2, 0.25) is 0 Å². The highest BCUT2D eigenvalue weighted by Gasteiger charge is 2.31. The summed E-state index contributed by atoms with van der Waals surface area (Å²) >= 11 is 11.6. The lowest BCUT2D eigenvalue weighted by Crippen LogP contribution is -2.25. The Balaban J connectivity index is 2.04. The van der Waals surface area contributed by atoms with Crippen molar-refractivity contribution in [2.24, 2.45) is 0 Å². The zero-order chi connectivity index (χ0) is 14.2. The lowest BCUT2D eigenvalue weighted by Gasteiger charge is -2.24. The first kappa shape index (κ1) is 14.7. The Morgan fingerprint density at radius 1 is 1.50 bits per heavy atom. The molecule has 1 unspecified atom stereocenters. The molecule has 0 amide bonds. The number of fused-ring (bicyclic) bond motifs is 1. The maximum atomic E-state index is 5.95. The molecule has 1 aromatic heterocycles. The van der Waals surface area contributed by atoms with Gasteiger partial charge < -0.3 is 4.57 Å². The second kappa shape index (κ2) is 5.90. The van der Waals surface area contributed by atoms with E-state index in [0.29, 0.717) is 10.6 Å². The molecule has 1 atom stereocenters. The average Bonchev–Trinajstić information content (AvgIpc) is 2.96. The van der Waals surface area contributed by atoms with Crippen LogP contribution in [0.1, 0.15) is 25.6 Å². The van der Waals surface area contributed by atoms with E-state index >= 15 is 0 Å². The van der Waals surface area contributed by atoms with Gasteiger partial charge in [-0.15, -0.1) is 11.6 Å². The van der Waals surface area contributed by atoms with Gasteiger partial charge in [0.15, 0.2) is 0 Å². The van der Waals surface area contributed by atoms with Crippen LogP contribution in [0.2, 0.25) is 0 Å². The van der Waals surface area contributed by atoms with E-state index in [1.54, 1.807) is 0 Å². The van der Waals surface area contributed by atoms with Gasteiger partial charge in [0.1, 0.15) is 5.82 Å². The van der Waals surface area contributed by atoms with Gasteiger partial charge in [0.05, 0.1) is 11.0 Å². The normalized spacial score (nSPS) is 22.8. The molecule has 1 aliphatic heterocycles. The highest BCUT2D eigenvalue weighted by Crippen LogP contribution is 2.40. The van der Waals surface area contributed by atoms with Gasteiger partial charge in [-0.1, -0.05) is 15.9 Å². The van der Waals surface area contributed by atoms with E-state index < -0.39 is 0 Å². The summed E-state index contributed by atoms with van der Waals surface area (Å²) in [6, 6.07) is 6.34. The number of alkyl halides is 1. The van der Waals surface area contributed by atoms with E-state index in [1.807, 2.05) is 0 Å². The molecule has 0 aliphatic carbocycles. The number of thioether (sulfide) groups is 1. The lowest BCUT2D eigenvalue weighted by molar-refractivity contribution is 0.507. The van der Waals surface area contributed by atoms with Crippen LogP contribution in [0.5, 0.6) is 0 Å². The molecule has 0 radical (unpaired) electrons. The van der Waals surface area contributed by atoms with Gasteiger partial charge in [-0.25, -0.2) is 4.98 Å². The largest absolute Gasteiger partial charge is 0.327 e. The Kier molecular flexibility index (Phi) is 4.34. The molecule has 1 aromatic carbocycles. The van der Waals surface area contributed by atoms with Gasteiger partial charge in [0.25, 0.3) is 0 Å². The van der Waals surface area contributed by atoms with E-state index in [2.05, 4.69) is 57.4 Å². The molecular weight excluding hydrogens is 356 g/mol. The Morgan fingerprint density at radius 2 is 2.35 bits per heavy atom. The minimum atomic E-state index is 0.335. The second-order valence-corrected chi connectivity index (χ2v) is 8.56. The fraction of sp³-hybridized carbons (Fsp3) is 0.533. The molecule has 3 rings (SSSR count). The van der Waals surface area contributed by atoms with Crippen molar-refractivity contribution in [2.75, 3.05) is 11.6 Å². The highest BCUT2D eigenvalue weighted by molar-refractivity contribution is 9.10. The summed E-state index contributed by atoms with van der Waals surface area (Å²) in [5.74, 6) is 3.01. The smallest absolute Gasteiger partial charge is 0.111 e. The van der Waals surface area contributed by atoms with E-state index in [0.717, 1.165) is 28.8 Å². The molecule has 0 bridgehead atoms. The van der Waals surface area contributed by atoms with Crippen LogP contribution in [0.25, 0.3) is 11.0 Å². The quantitative estimate of drug-likeness (QED) is 0.712. The van der Waals surface area contributed by atoms with Gasteiger partial charge in [-0.3, -0.25) is 0 Å². The highest BCUT2D eigenvalue weighted by atomic mass is 79.9. The van der Waals surface area contributed by atoms with Crippen molar-refractivity contribution in [1.29, 1.82) is 0 Å². The number of imidazole rings is 1. The molecule has 0 spiro atoms. The van der Waals surface area contributed by atoms with Crippen LogP contribution in [-0.2, 0) is 13.0 Å². The summed E-state index contributed by atoms with van der Waals surface area (Å²) in [5.41, 5.74) is 2.29. The molecule has 1 fully saturated rings. The van der Waals surface area contributed by atoms with Crippen molar-refractivity contribution >= 4 is 50.3 Å². The van der Waals surface area contributed by atoms with Crippen LogP contribution in [0.15, 0.2) is 22.7 Å². The molecule has 0 N–H and O–H groups in total. The molecule has 5 heteroatoms. The molecule has 2 aromatic rings. The Labute approximate surface area is 137 Å². The van der Waals surface area contributed by atoms with E-state index in [9.17, 15) is 0 Å². The number of nitrogens with zero attached hydrogens (tertiary/aromatic N) is 2. The molecule has 108 valence electrons. The molecule has 0 saturated carbocycles. The third-order valence-corrected chi connectivity index (χ3v) is 6.11. The zero-order valence-corrected chi connectivity index (χ0v) is 14.7. The molecule has 1 saturated heterocycles. The molecule has 2 heterocycles. The number of aryl methyl sites for hydroxylation is 1. The fourth-order valence-corrected chi connectivity index (χ4v) is 4.71. The molecular formula is C15H18BrClN2S. The first-order valence-corrected chi connectivity index (χ1v) is 9.27. The molecule has 20 heavy (non-hydrogen) atoms. The van der Waals surface area contributed by atoms with Crippen molar-refractivity contribution in [3.8, 4) is 0 Å². The number of rotatable bonds is 4. The predicted octanol–water partition coefficient (Wildman–Crippen LogP) is 4.87. The summed E-state index contributed by atoms with van der Waals surface area (Å²) in [4.78, 5) is 4.78. The predicted molar refractivity (Wildman–Crippen MR) is 92.0 cm³/mol. The van der Waals surface area contributed by atoms with Crippen LogP contribution in [0, 0.1) is 0 Å². The number of halogens is 2. The summed E-state index contributed by atoms with van der Waals surface area (Å²) in [7, 11) is 0. The lowest BCUT2D eigenvalue weighted by atomic mass is 10.1. The first-order chi connectivity index (χ1) is 9.61. The van der Waals surface area contributed by atoms with Crippen LogP contribution in [0.3, 0.4) is 0 Å². The van der Waals surface area contributed by atoms with E-state index in [-0.39, 0.29) is 0 Å². The number of aromatic nitrogens is 2. The Morgan fingerprint density at radius 3 is 3.05 bits per heavy atom. The Hall–Kier alpha value is -0.190. The molecule has 1 aliphatic rings. The van der Waals surface area contributed by atoms with Crippen molar-refractivity contribution < 1.29 is 0 Å². The monoisotopic (exact) mass is 372 g/mol. The summed E-state index contributed by atoms with van der Waals surface area (Å²) in [6.07, 6.45) is 3.44. The minimum absolute atomic E-state index is 0.335. The van der Waals surface area contributed by atoms with Gasteiger partial charge >= 0.3 is 0 Å². The van der Waals surface area contributed by atoms with Crippen LogP contribution in [-0.4, -0.2) is 25.9 Å². The summed E-state index contributed by atoms with van der Waals surface area (Å²) in [6.45, 7) is 3.40. The second-order valence-electron chi connectivity index (χ2n) is 5.59. The van der Waals surface area contributed by atoms with Crippen molar-refractivity contribution in [3.63, 3.8) is 0 Å². The maximum absolute atomic E-state index is 5.95. The fourth-order valence-electron chi connectivity index (χ4n) is 2.90. The van der Waals surface area contributed by atoms with E-state index in [4.69, 9.17) is 16.6 Å². The zero-order valence-electron chi connectivity index (χ0n) is 11.5. The van der Waals surface area contributed by atoms with E-state index in [1.165, 1.54) is 24.1 Å². The van der Waals surface area contributed by atoms with Crippen LogP contribution in [0.4, 0.5) is 0 Å². The number of hydrogen-bond donors (Lipinski definition) is 0.